The van der Waals surface area contributed by atoms with Crippen LogP contribution in [-0.4, -0.2) is 0 Å². The minimum atomic E-state index is 0. The van der Waals surface area contributed by atoms with E-state index in [0.29, 0.717) is 0 Å². The summed E-state index contributed by atoms with van der Waals surface area (Å²) in [6, 6.07) is 0. The molecule has 0 unspecified atom stereocenters. The van der Waals surface area contributed by atoms with Gasteiger partial charge in [-0.1, -0.05) is 0 Å². The Labute approximate surface area is 274 Å². The van der Waals surface area contributed by atoms with E-state index in [1.54, 1.807) is 0 Å². The van der Waals surface area contributed by atoms with E-state index in [2.05, 4.69) is 0 Å². The summed E-state index contributed by atoms with van der Waals surface area (Å²) in [4.78, 5) is 0. The molecule has 0 amide bonds. The predicted molar refractivity (Wildman–Crippen MR) is 6.41 cm³/mol. The summed E-state index contributed by atoms with van der Waals surface area (Å²) in [5.41, 5.74) is 0. The van der Waals surface area contributed by atoms with Crippen molar-refractivity contribution < 1.29 is 274 Å². The van der Waals surface area contributed by atoms with Crippen molar-refractivity contribution in [2.24, 2.45) is 0 Å². The first kappa shape index (κ1) is 138. The van der Waals surface area contributed by atoms with Gasteiger partial charge in [0.1, 0.15) is 0 Å². The van der Waals surface area contributed by atoms with E-state index in [4.69, 9.17) is 0 Å². The molecule has 0 nitrogen and oxygen atoms in total. The smallest absolute Gasteiger partial charge is 0 e. The molecule has 86 valence electrons. The fourth-order valence-corrected chi connectivity index (χ4v) is 0. The van der Waals surface area contributed by atoms with Gasteiger partial charge in [-0.25, -0.2) is 0 Å². The van der Waals surface area contributed by atoms with Crippen molar-refractivity contribution in [1.29, 1.82) is 0 Å². The van der Waals surface area contributed by atoms with Gasteiger partial charge in [0, 0.05) is 274 Å². The minimum Gasteiger partial charge on any atom is -0.358 e. The van der Waals surface area contributed by atoms with Gasteiger partial charge in [0.2, 0.25) is 0 Å². The largest absolute Gasteiger partial charge is 0.358 e. The molecule has 0 saturated carbocycles. The van der Waals surface area contributed by atoms with Crippen LogP contribution in [0.2, 0.25) is 0 Å². The van der Waals surface area contributed by atoms with Gasteiger partial charge in [-0.3, -0.25) is 0 Å². The van der Waals surface area contributed by atoms with Crippen molar-refractivity contribution in [2.75, 3.05) is 0 Å². The maximum atomic E-state index is 0. The molecule has 0 spiro atoms. The molecule has 0 atom stereocenters. The molecule has 0 fully saturated rings. The summed E-state index contributed by atoms with van der Waals surface area (Å²) >= 11 is 0. The van der Waals surface area contributed by atoms with Crippen molar-refractivity contribution in [3.8, 4) is 0 Å². The summed E-state index contributed by atoms with van der Waals surface area (Å²) in [6.07, 6.45) is 0. The average Bonchev–Trinajstić information content (AvgIpc) is 0. The molecule has 0 aliphatic heterocycles. The second kappa shape index (κ2) is 120. The van der Waals surface area contributed by atoms with E-state index in [0.717, 1.165) is 0 Å². The van der Waals surface area contributed by atoms with Crippen LogP contribution in [0, 0.1) is 7.43 Å². The van der Waals surface area contributed by atoms with E-state index in [1.165, 1.54) is 0 Å². The van der Waals surface area contributed by atoms with E-state index in [1.807, 2.05) is 0 Å². The minimum absolute atomic E-state index is 0. The van der Waals surface area contributed by atoms with Crippen molar-refractivity contribution >= 4 is 0 Å². The Morgan fingerprint density at radius 3 is 0.143 bits per heavy atom. The maximum absolute atomic E-state index is 0. The van der Waals surface area contributed by atoms with Gasteiger partial charge in [-0.15, -0.1) is 0 Å². The van der Waals surface area contributed by atoms with Gasteiger partial charge >= 0.3 is 0 Å². The first-order valence-corrected chi connectivity index (χ1v) is 0. The first-order valence-electron chi connectivity index (χ1n) is 0. The van der Waals surface area contributed by atoms with Crippen molar-refractivity contribution in [3.05, 3.63) is 7.43 Å². The topological polar surface area (TPSA) is 0 Å². The third kappa shape index (κ3) is 104. The molecule has 13 heteroatoms. The Morgan fingerprint density at radius 1 is 0.143 bits per heavy atom. The van der Waals surface area contributed by atoms with Crippen LogP contribution in [0.3, 0.4) is 0 Å². The predicted octanol–water partition coefficient (Wildman–Crippen LogP) is 0.418. The Morgan fingerprint density at radius 2 is 0.143 bits per heavy atom. The van der Waals surface area contributed by atoms with Crippen LogP contribution in [-0.2, 0) is 274 Å². The van der Waals surface area contributed by atoms with Gasteiger partial charge < -0.3 is 7.43 Å². The Kier molecular flexibility index (Phi) is 1190. The van der Waals surface area contributed by atoms with Crippen molar-refractivity contribution in [3.63, 3.8) is 0 Å². The van der Waals surface area contributed by atoms with E-state index in [9.17, 15) is 0 Å². The van der Waals surface area contributed by atoms with Gasteiger partial charge in [-0.2, -0.15) is 0 Å². The third-order valence-electron chi connectivity index (χ3n) is 0. The molecule has 0 rings (SSSR count). The molecule has 14 heavy (non-hydrogen) atoms. The van der Waals surface area contributed by atoms with Crippen molar-refractivity contribution in [2.45, 2.75) is 0 Å². The fourth-order valence-electron chi connectivity index (χ4n) is 0. The van der Waals surface area contributed by atoms with Crippen LogP contribution in [0.1, 0.15) is 0 Å². The van der Waals surface area contributed by atoms with Crippen LogP contribution in [0.15, 0.2) is 0 Å². The van der Waals surface area contributed by atoms with Gasteiger partial charge in [-0.05, 0) is 0 Å². The van der Waals surface area contributed by atoms with E-state index < -0.39 is 0 Å². The molecule has 0 aromatic carbocycles. The molecule has 0 N–H and O–H groups in total. The Bertz CT molecular complexity index is 5.20. The molecule has 0 saturated heterocycles. The zero-order valence-electron chi connectivity index (χ0n) is 6.31. The molecule has 0 aromatic rings. The fraction of sp³-hybridized carbons (Fsp3) is 0. The van der Waals surface area contributed by atoms with Crippen molar-refractivity contribution in [1.82, 2.24) is 0 Å². The van der Waals surface area contributed by atoms with Gasteiger partial charge in [0.05, 0.1) is 0 Å². The van der Waals surface area contributed by atoms with Gasteiger partial charge in [0.25, 0.3) is 0 Å². The van der Waals surface area contributed by atoms with Crippen LogP contribution in [0.5, 0.6) is 0 Å². The van der Waals surface area contributed by atoms with Crippen LogP contribution in [0.4, 0.5) is 0 Å². The van der Waals surface area contributed by atoms with E-state index in [-0.39, 0.29) is 281 Å². The molecule has 0 heterocycles. The molecular formula is CH3W13-. The molecule has 0 aliphatic carbocycles. The van der Waals surface area contributed by atoms with E-state index >= 15 is 0 Å². The zero-order chi connectivity index (χ0) is 0. The number of rotatable bonds is 0. The Balaban J connectivity index is 0. The van der Waals surface area contributed by atoms with Gasteiger partial charge in [0.15, 0.2) is 0 Å². The molecule has 0 aromatic heterocycles. The molecule has 0 radical (unpaired) electrons. The van der Waals surface area contributed by atoms with Crippen LogP contribution < -0.4 is 0 Å². The summed E-state index contributed by atoms with van der Waals surface area (Å²) in [7, 11) is 0. The second-order valence-electron chi connectivity index (χ2n) is 0. The summed E-state index contributed by atoms with van der Waals surface area (Å²) < 4.78 is 0. The quantitative estimate of drug-likeness (QED) is 0.309. The SMILES string of the molecule is [CH3-].[W].[W].[W].[W].[W].[W].[W].[W].[W].[W].[W].[W].[W]. The average molecular weight is 2400 g/mol. The summed E-state index contributed by atoms with van der Waals surface area (Å²) in [5, 5.41) is 0. The third-order valence-corrected chi connectivity index (χ3v) is 0. The maximum Gasteiger partial charge on any atom is 0 e. The number of hydrogen-bond donors (Lipinski definition) is 0. The summed E-state index contributed by atoms with van der Waals surface area (Å²) in [5.74, 6) is 0. The van der Waals surface area contributed by atoms with Crippen LogP contribution in [0.25, 0.3) is 0 Å². The Hall–Kier alpha value is 8.95. The normalized spacial score (nSPS) is 0. The number of hydrogen-bond acceptors (Lipinski definition) is 0. The second-order valence-corrected chi connectivity index (χ2v) is 0. The zero-order valence-corrected chi connectivity index (χ0v) is 44.4. The summed E-state index contributed by atoms with van der Waals surface area (Å²) in [6.45, 7) is 0. The van der Waals surface area contributed by atoms with Crippen LogP contribution >= 0.6 is 0 Å². The first-order chi connectivity index (χ1) is 0. The molecule has 0 bridgehead atoms. The molecular weight excluding hydrogens is 2400 g/mol. The molecule has 0 aliphatic rings. The monoisotopic (exact) mass is 2410 g/mol. The standard InChI is InChI=1S/CH3.13W/h1H3;;;;;;;;;;;;;/q-1;;;;;;;;;;;;;.